The first-order valence-electron chi connectivity index (χ1n) is 5.19. The van der Waals surface area contributed by atoms with E-state index in [0.717, 1.165) is 0 Å². The molecule has 0 saturated heterocycles. The second-order valence-corrected chi connectivity index (χ2v) is 8.13. The number of rotatable bonds is 3. The maximum absolute atomic E-state index is 12.0. The maximum Gasteiger partial charge on any atom is 0.271 e. The largest absolute Gasteiger partial charge is 0.271 e. The number of hydrogen-bond donors (Lipinski definition) is 0. The molecule has 1 aromatic rings. The van der Waals surface area contributed by atoms with Gasteiger partial charge in [-0.15, -0.1) is 0 Å². The minimum absolute atomic E-state index is 0.156. The van der Waals surface area contributed by atoms with Crippen molar-refractivity contribution in [1.82, 2.24) is 0 Å². The molecule has 0 aliphatic carbocycles. The van der Waals surface area contributed by atoms with Crippen LogP contribution in [0.2, 0.25) is 5.02 Å². The predicted molar refractivity (Wildman–Crippen MR) is 70.5 cm³/mol. The van der Waals surface area contributed by atoms with Gasteiger partial charge < -0.3 is 0 Å². The van der Waals surface area contributed by atoms with E-state index in [4.69, 9.17) is 11.6 Å². The number of nitro benzene ring substituents is 1. The summed E-state index contributed by atoms with van der Waals surface area (Å²) in [5.74, 6) is -0.266. The van der Waals surface area contributed by atoms with E-state index in [1.807, 2.05) is 0 Å². The van der Waals surface area contributed by atoms with Crippen molar-refractivity contribution in [2.75, 3.05) is 0 Å². The third-order valence-corrected chi connectivity index (χ3v) is 5.24. The number of hydrogen-bond acceptors (Lipinski definition) is 4. The van der Waals surface area contributed by atoms with Crippen LogP contribution in [0.1, 0.15) is 26.3 Å². The molecule has 0 saturated carbocycles. The summed E-state index contributed by atoms with van der Waals surface area (Å²) < 4.78 is 23.1. The molecule has 1 rings (SSSR count). The molecule has 0 heterocycles. The van der Waals surface area contributed by atoms with Gasteiger partial charge in [-0.1, -0.05) is 11.6 Å². The minimum atomic E-state index is -3.39. The molecular formula is C11H14ClNO4S. The SMILES string of the molecule is CC(C)(C)S(=O)(=O)Cc1cc(Cl)cc([N+](=O)[O-])c1. The van der Waals surface area contributed by atoms with Crippen LogP contribution in [0.4, 0.5) is 5.69 Å². The molecule has 0 atom stereocenters. The Morgan fingerprint density at radius 3 is 2.28 bits per heavy atom. The number of nitrogens with zero attached hydrogens (tertiary/aromatic N) is 1. The second-order valence-electron chi connectivity index (χ2n) is 4.95. The smallest absolute Gasteiger partial charge is 0.258 e. The highest BCUT2D eigenvalue weighted by molar-refractivity contribution is 7.91. The molecule has 0 amide bonds. The molecule has 5 nitrogen and oxygen atoms in total. The highest BCUT2D eigenvalue weighted by Crippen LogP contribution is 2.25. The lowest BCUT2D eigenvalue weighted by Gasteiger charge is -2.19. The van der Waals surface area contributed by atoms with Gasteiger partial charge in [0.15, 0.2) is 9.84 Å². The first-order chi connectivity index (χ1) is 8.03. The van der Waals surface area contributed by atoms with E-state index in [9.17, 15) is 18.5 Å². The molecule has 0 aliphatic rings. The van der Waals surface area contributed by atoms with Crippen molar-refractivity contribution in [2.45, 2.75) is 31.3 Å². The van der Waals surface area contributed by atoms with Gasteiger partial charge in [0.25, 0.3) is 5.69 Å². The molecule has 18 heavy (non-hydrogen) atoms. The van der Waals surface area contributed by atoms with Gasteiger partial charge in [-0.25, -0.2) is 8.42 Å². The fourth-order valence-corrected chi connectivity index (χ4v) is 2.55. The molecule has 0 aromatic heterocycles. The van der Waals surface area contributed by atoms with Crippen LogP contribution < -0.4 is 0 Å². The fraction of sp³-hybridized carbons (Fsp3) is 0.455. The molecule has 0 unspecified atom stereocenters. The average Bonchev–Trinajstić information content (AvgIpc) is 2.13. The van der Waals surface area contributed by atoms with Crippen molar-refractivity contribution in [3.63, 3.8) is 0 Å². The lowest BCUT2D eigenvalue weighted by Crippen LogP contribution is -2.29. The molecule has 0 spiro atoms. The average molecular weight is 292 g/mol. The zero-order valence-electron chi connectivity index (χ0n) is 10.3. The van der Waals surface area contributed by atoms with Crippen LogP contribution in [0.5, 0.6) is 0 Å². The van der Waals surface area contributed by atoms with Crippen LogP contribution >= 0.6 is 11.6 Å². The van der Waals surface area contributed by atoms with Gasteiger partial charge in [0, 0.05) is 17.2 Å². The number of non-ortho nitro benzene ring substituents is 1. The maximum atomic E-state index is 12.0. The molecule has 7 heteroatoms. The van der Waals surface area contributed by atoms with Crippen LogP contribution in [0, 0.1) is 10.1 Å². The van der Waals surface area contributed by atoms with E-state index in [-0.39, 0.29) is 16.5 Å². The molecular weight excluding hydrogens is 278 g/mol. The molecule has 0 aliphatic heterocycles. The zero-order valence-corrected chi connectivity index (χ0v) is 11.9. The third-order valence-electron chi connectivity index (χ3n) is 2.44. The summed E-state index contributed by atoms with van der Waals surface area (Å²) in [5, 5.41) is 10.8. The van der Waals surface area contributed by atoms with Crippen molar-refractivity contribution >= 4 is 27.1 Å². The predicted octanol–water partition coefficient (Wildman–Crippen LogP) is 2.96. The van der Waals surface area contributed by atoms with Gasteiger partial charge in [-0.3, -0.25) is 10.1 Å². The highest BCUT2D eigenvalue weighted by atomic mass is 35.5. The number of benzene rings is 1. The number of nitro groups is 1. The monoisotopic (exact) mass is 291 g/mol. The van der Waals surface area contributed by atoms with Crippen molar-refractivity contribution in [3.8, 4) is 0 Å². The topological polar surface area (TPSA) is 77.3 Å². The van der Waals surface area contributed by atoms with E-state index in [1.54, 1.807) is 20.8 Å². The van der Waals surface area contributed by atoms with E-state index in [2.05, 4.69) is 0 Å². The molecule has 0 N–H and O–H groups in total. The van der Waals surface area contributed by atoms with Crippen molar-refractivity contribution < 1.29 is 13.3 Å². The summed E-state index contributed by atoms with van der Waals surface area (Å²) in [6.45, 7) is 4.75. The van der Waals surface area contributed by atoms with Crippen LogP contribution in [-0.2, 0) is 15.6 Å². The number of halogens is 1. The molecule has 100 valence electrons. The van der Waals surface area contributed by atoms with Gasteiger partial charge in [-0.05, 0) is 32.4 Å². The lowest BCUT2D eigenvalue weighted by molar-refractivity contribution is -0.384. The Bertz CT molecular complexity index is 575. The Hall–Kier alpha value is -1.14. The zero-order chi connectivity index (χ0) is 14.1. The van der Waals surface area contributed by atoms with Crippen molar-refractivity contribution in [3.05, 3.63) is 38.9 Å². The highest BCUT2D eigenvalue weighted by Gasteiger charge is 2.29. The fourth-order valence-electron chi connectivity index (χ4n) is 1.26. The van der Waals surface area contributed by atoms with Crippen molar-refractivity contribution in [1.29, 1.82) is 0 Å². The Morgan fingerprint density at radius 2 is 1.83 bits per heavy atom. The van der Waals surface area contributed by atoms with Gasteiger partial charge in [0.2, 0.25) is 0 Å². The summed E-state index contributed by atoms with van der Waals surface area (Å²) in [5.41, 5.74) is 0.116. The molecule has 1 aromatic carbocycles. The molecule has 0 fully saturated rings. The van der Waals surface area contributed by atoms with Crippen LogP contribution in [0.3, 0.4) is 0 Å². The molecule has 0 radical (unpaired) electrons. The van der Waals surface area contributed by atoms with Gasteiger partial charge in [0.1, 0.15) is 0 Å². The minimum Gasteiger partial charge on any atom is -0.258 e. The van der Waals surface area contributed by atoms with Gasteiger partial charge >= 0.3 is 0 Å². The normalized spacial score (nSPS) is 12.4. The Labute approximate surface area is 111 Å². The Balaban J connectivity index is 3.17. The Morgan fingerprint density at radius 1 is 1.28 bits per heavy atom. The van der Waals surface area contributed by atoms with Crippen LogP contribution in [-0.4, -0.2) is 18.1 Å². The second kappa shape index (κ2) is 4.85. The van der Waals surface area contributed by atoms with Crippen LogP contribution in [0.25, 0.3) is 0 Å². The lowest BCUT2D eigenvalue weighted by atomic mass is 10.2. The van der Waals surface area contributed by atoms with E-state index in [1.165, 1.54) is 18.2 Å². The van der Waals surface area contributed by atoms with E-state index >= 15 is 0 Å². The van der Waals surface area contributed by atoms with Gasteiger partial charge in [-0.2, -0.15) is 0 Å². The first kappa shape index (κ1) is 14.9. The van der Waals surface area contributed by atoms with Crippen LogP contribution in [0.15, 0.2) is 18.2 Å². The van der Waals surface area contributed by atoms with E-state index < -0.39 is 19.5 Å². The van der Waals surface area contributed by atoms with E-state index in [0.29, 0.717) is 5.56 Å². The first-order valence-corrected chi connectivity index (χ1v) is 7.22. The standard InChI is InChI=1S/C11H14ClNO4S/c1-11(2,3)18(16,17)7-8-4-9(12)6-10(5-8)13(14)15/h4-6H,7H2,1-3H3. The summed E-state index contributed by atoms with van der Waals surface area (Å²) in [6, 6.07) is 3.85. The van der Waals surface area contributed by atoms with Gasteiger partial charge in [0.05, 0.1) is 15.4 Å². The Kier molecular flexibility index (Phi) is 4.02. The quantitative estimate of drug-likeness (QED) is 0.633. The third kappa shape index (κ3) is 3.43. The summed E-state index contributed by atoms with van der Waals surface area (Å²) in [4.78, 5) is 10.1. The number of sulfone groups is 1. The summed E-state index contributed by atoms with van der Waals surface area (Å²) in [7, 11) is -3.39. The van der Waals surface area contributed by atoms with Crippen molar-refractivity contribution in [2.24, 2.45) is 0 Å². The molecule has 0 bridgehead atoms. The summed E-state index contributed by atoms with van der Waals surface area (Å²) in [6.07, 6.45) is 0. The summed E-state index contributed by atoms with van der Waals surface area (Å²) >= 11 is 5.74.